The van der Waals surface area contributed by atoms with E-state index in [2.05, 4.69) is 35.9 Å². The van der Waals surface area contributed by atoms with Gasteiger partial charge in [-0.3, -0.25) is 0 Å². The van der Waals surface area contributed by atoms with Crippen molar-refractivity contribution in [1.82, 2.24) is 9.97 Å². The van der Waals surface area contributed by atoms with Crippen molar-refractivity contribution in [3.05, 3.63) is 35.7 Å². The molecule has 2 rings (SSSR count). The Hall–Kier alpha value is -1.44. The number of hydrogen-bond acceptors (Lipinski definition) is 0. The fraction of sp³-hybridized carbons (Fsp3) is 0.200. The third kappa shape index (κ3) is 1.16. The number of rotatable bonds is 1. The molecule has 0 saturated heterocycles. The van der Waals surface area contributed by atoms with Crippen molar-refractivity contribution in [2.75, 3.05) is 0 Å². The molecule has 2 aromatic heterocycles. The highest BCUT2D eigenvalue weighted by molar-refractivity contribution is 5.56. The second-order valence-corrected chi connectivity index (χ2v) is 3.18. The first-order valence-corrected chi connectivity index (χ1v) is 4.06. The first kappa shape index (κ1) is 7.22. The van der Waals surface area contributed by atoms with Crippen molar-refractivity contribution in [2.24, 2.45) is 0 Å². The third-order valence-electron chi connectivity index (χ3n) is 1.94. The number of nitrogens with one attached hydrogen (secondary N) is 2. The van der Waals surface area contributed by atoms with Gasteiger partial charge in [0.1, 0.15) is 0 Å². The lowest BCUT2D eigenvalue weighted by molar-refractivity contribution is 1.32. The molecule has 0 radical (unpaired) electrons. The van der Waals surface area contributed by atoms with Crippen LogP contribution in [-0.4, -0.2) is 9.97 Å². The number of aromatic amines is 2. The van der Waals surface area contributed by atoms with E-state index in [0.29, 0.717) is 0 Å². The van der Waals surface area contributed by atoms with E-state index in [9.17, 15) is 0 Å². The van der Waals surface area contributed by atoms with Crippen molar-refractivity contribution < 1.29 is 0 Å². The van der Waals surface area contributed by atoms with E-state index in [1.807, 2.05) is 12.4 Å². The zero-order chi connectivity index (χ0) is 8.55. The zero-order valence-electron chi connectivity index (χ0n) is 7.31. The van der Waals surface area contributed by atoms with Crippen LogP contribution in [0.3, 0.4) is 0 Å². The van der Waals surface area contributed by atoms with E-state index in [4.69, 9.17) is 0 Å². The summed E-state index contributed by atoms with van der Waals surface area (Å²) >= 11 is 0. The number of hydrogen-bond donors (Lipinski definition) is 2. The normalized spacial score (nSPS) is 10.5. The Morgan fingerprint density at radius 2 is 1.25 bits per heavy atom. The molecule has 0 amide bonds. The molecular formula is C10H12N2. The third-order valence-corrected chi connectivity index (χ3v) is 1.94. The molecule has 12 heavy (non-hydrogen) atoms. The minimum absolute atomic E-state index is 1.15. The molecule has 2 heteroatoms. The smallest absolute Gasteiger partial charge is 0.0622 e. The van der Waals surface area contributed by atoms with Gasteiger partial charge in [0.05, 0.1) is 11.4 Å². The second-order valence-electron chi connectivity index (χ2n) is 3.18. The fourth-order valence-electron chi connectivity index (χ4n) is 1.32. The van der Waals surface area contributed by atoms with Crippen molar-refractivity contribution >= 4 is 0 Å². The summed E-state index contributed by atoms with van der Waals surface area (Å²) in [4.78, 5) is 6.41. The average molecular weight is 160 g/mol. The summed E-state index contributed by atoms with van der Waals surface area (Å²) in [5.74, 6) is 0. The molecule has 2 N–H and O–H groups in total. The summed E-state index contributed by atoms with van der Waals surface area (Å²) in [6, 6.07) is 4.26. The Labute approximate surface area is 71.6 Å². The lowest BCUT2D eigenvalue weighted by atomic mass is 10.2. The zero-order valence-corrected chi connectivity index (χ0v) is 7.31. The molecular weight excluding hydrogens is 148 g/mol. The summed E-state index contributed by atoms with van der Waals surface area (Å²) in [6.07, 6.45) is 4.01. The monoisotopic (exact) mass is 160 g/mol. The maximum absolute atomic E-state index is 3.20. The maximum atomic E-state index is 3.20. The van der Waals surface area contributed by atoms with Crippen LogP contribution in [-0.2, 0) is 0 Å². The van der Waals surface area contributed by atoms with Gasteiger partial charge in [0.25, 0.3) is 0 Å². The van der Waals surface area contributed by atoms with Gasteiger partial charge in [0.15, 0.2) is 0 Å². The SMILES string of the molecule is Cc1c[nH]c(-c2cc(C)c[nH]2)c1. The molecule has 2 nitrogen and oxygen atoms in total. The summed E-state index contributed by atoms with van der Waals surface area (Å²) in [5, 5.41) is 0. The van der Waals surface area contributed by atoms with Crippen molar-refractivity contribution in [1.29, 1.82) is 0 Å². The van der Waals surface area contributed by atoms with Crippen LogP contribution in [0, 0.1) is 13.8 Å². The summed E-state index contributed by atoms with van der Waals surface area (Å²) in [6.45, 7) is 4.16. The van der Waals surface area contributed by atoms with E-state index in [1.54, 1.807) is 0 Å². The standard InChI is InChI=1S/C10H12N2/c1-7-3-9(11-5-7)10-4-8(2)6-12-10/h3-6,11-12H,1-2H3. The summed E-state index contributed by atoms with van der Waals surface area (Å²) in [7, 11) is 0. The molecule has 0 aliphatic carbocycles. The largest absolute Gasteiger partial charge is 0.360 e. The molecule has 0 unspecified atom stereocenters. The molecule has 0 bridgehead atoms. The number of H-pyrrole nitrogens is 2. The maximum Gasteiger partial charge on any atom is 0.0622 e. The molecule has 0 spiro atoms. The number of aryl methyl sites for hydroxylation is 2. The van der Waals surface area contributed by atoms with Crippen LogP contribution in [0.4, 0.5) is 0 Å². The van der Waals surface area contributed by atoms with E-state index < -0.39 is 0 Å². The molecule has 2 heterocycles. The molecule has 0 saturated carbocycles. The fourth-order valence-corrected chi connectivity index (χ4v) is 1.32. The lowest BCUT2D eigenvalue weighted by Gasteiger charge is -1.89. The molecule has 0 aliphatic rings. The van der Waals surface area contributed by atoms with E-state index in [0.717, 1.165) is 11.4 Å². The lowest BCUT2D eigenvalue weighted by Crippen LogP contribution is -1.73. The van der Waals surface area contributed by atoms with Crippen LogP contribution in [0.1, 0.15) is 11.1 Å². The van der Waals surface area contributed by atoms with Crippen molar-refractivity contribution in [3.8, 4) is 11.4 Å². The molecule has 0 aromatic carbocycles. The van der Waals surface area contributed by atoms with E-state index >= 15 is 0 Å². The van der Waals surface area contributed by atoms with Gasteiger partial charge in [-0.05, 0) is 37.1 Å². The quantitative estimate of drug-likeness (QED) is 0.642. The molecule has 0 aliphatic heterocycles. The van der Waals surface area contributed by atoms with Gasteiger partial charge >= 0.3 is 0 Å². The van der Waals surface area contributed by atoms with Crippen LogP contribution in [0.2, 0.25) is 0 Å². The Balaban J connectivity index is 2.43. The first-order chi connectivity index (χ1) is 5.75. The van der Waals surface area contributed by atoms with Gasteiger partial charge in [-0.15, -0.1) is 0 Å². The van der Waals surface area contributed by atoms with Crippen LogP contribution in [0.25, 0.3) is 11.4 Å². The number of aromatic nitrogens is 2. The van der Waals surface area contributed by atoms with Crippen LogP contribution in [0.5, 0.6) is 0 Å². The van der Waals surface area contributed by atoms with Crippen LogP contribution in [0.15, 0.2) is 24.5 Å². The van der Waals surface area contributed by atoms with Gasteiger partial charge in [-0.25, -0.2) is 0 Å². The molecule has 0 atom stereocenters. The molecule has 62 valence electrons. The van der Waals surface area contributed by atoms with Crippen molar-refractivity contribution in [2.45, 2.75) is 13.8 Å². The van der Waals surface area contributed by atoms with E-state index in [-0.39, 0.29) is 0 Å². The average Bonchev–Trinajstić information content (AvgIpc) is 2.58. The van der Waals surface area contributed by atoms with Gasteiger partial charge < -0.3 is 9.97 Å². The van der Waals surface area contributed by atoms with Crippen LogP contribution >= 0.6 is 0 Å². The predicted octanol–water partition coefficient (Wildman–Crippen LogP) is 2.63. The van der Waals surface area contributed by atoms with Crippen LogP contribution < -0.4 is 0 Å². The van der Waals surface area contributed by atoms with Gasteiger partial charge in [0.2, 0.25) is 0 Å². The van der Waals surface area contributed by atoms with Crippen molar-refractivity contribution in [3.63, 3.8) is 0 Å². The Kier molecular flexibility index (Phi) is 1.54. The Morgan fingerprint density at radius 3 is 1.50 bits per heavy atom. The minimum atomic E-state index is 1.15. The highest BCUT2D eigenvalue weighted by Crippen LogP contribution is 2.17. The predicted molar refractivity (Wildman–Crippen MR) is 50.1 cm³/mol. The van der Waals surface area contributed by atoms with Gasteiger partial charge in [0, 0.05) is 12.4 Å². The Bertz CT molecular complexity index is 344. The summed E-state index contributed by atoms with van der Waals surface area (Å²) in [5.41, 5.74) is 4.83. The van der Waals surface area contributed by atoms with Gasteiger partial charge in [-0.1, -0.05) is 0 Å². The highest BCUT2D eigenvalue weighted by Gasteiger charge is 2.00. The second kappa shape index (κ2) is 2.55. The molecule has 2 aromatic rings. The molecule has 0 fully saturated rings. The topological polar surface area (TPSA) is 31.6 Å². The minimum Gasteiger partial charge on any atom is -0.360 e. The summed E-state index contributed by atoms with van der Waals surface area (Å²) < 4.78 is 0. The van der Waals surface area contributed by atoms with Gasteiger partial charge in [-0.2, -0.15) is 0 Å². The Morgan fingerprint density at radius 1 is 0.833 bits per heavy atom. The highest BCUT2D eigenvalue weighted by atomic mass is 14.8. The van der Waals surface area contributed by atoms with E-state index in [1.165, 1.54) is 11.1 Å². The first-order valence-electron chi connectivity index (χ1n) is 4.06.